The molecule has 0 fully saturated rings. The molecule has 0 radical (unpaired) electrons. The second kappa shape index (κ2) is 2.82. The van der Waals surface area contributed by atoms with Crippen molar-refractivity contribution in [3.63, 3.8) is 0 Å². The minimum Gasteiger partial charge on any atom is -0.0616 e. The highest BCUT2D eigenvalue weighted by atomic mass is 32.2. The van der Waals surface area contributed by atoms with Gasteiger partial charge in [0.15, 0.2) is 4.70 Å². The lowest BCUT2D eigenvalue weighted by atomic mass is 10.1. The number of hydrogen-bond acceptors (Lipinski definition) is 0. The van der Waals surface area contributed by atoms with Crippen LogP contribution in [0.1, 0.15) is 0 Å². The van der Waals surface area contributed by atoms with Gasteiger partial charge >= 0.3 is 0 Å². The Hall–Kier alpha value is -1.34. The number of fused-ring (bicyclic) bond motifs is 3. The lowest BCUT2D eigenvalue weighted by molar-refractivity contribution is 1.81. The summed E-state index contributed by atoms with van der Waals surface area (Å²) in [5.74, 6) is 0. The summed E-state index contributed by atoms with van der Waals surface area (Å²) >= 11 is 0. The van der Waals surface area contributed by atoms with E-state index in [-0.39, 0.29) is 0 Å². The summed E-state index contributed by atoms with van der Waals surface area (Å²) in [5, 5.41) is 6.46. The van der Waals surface area contributed by atoms with Crippen LogP contribution >= 0.6 is 10.5 Å². The number of aryl methyl sites for hydroxylation is 1. The predicted molar refractivity (Wildman–Crippen MR) is 64.9 cm³/mol. The molecule has 1 unspecified atom stereocenters. The van der Waals surface area contributed by atoms with Crippen molar-refractivity contribution in [3.8, 4) is 0 Å². The fraction of sp³-hybridized carbons (Fsp3) is 0.0769. The van der Waals surface area contributed by atoms with E-state index in [2.05, 4.69) is 54.1 Å². The molecule has 3 aromatic rings. The van der Waals surface area contributed by atoms with E-state index in [4.69, 9.17) is 0 Å². The molecule has 0 amide bonds. The fourth-order valence-electron chi connectivity index (χ4n) is 1.97. The van der Waals surface area contributed by atoms with Crippen molar-refractivity contribution in [1.82, 2.24) is 0 Å². The average Bonchev–Trinajstić information content (AvgIpc) is 2.61. The highest BCUT2D eigenvalue weighted by Gasteiger charge is 2.09. The summed E-state index contributed by atoms with van der Waals surface area (Å²) in [6, 6.07) is 15.4. The van der Waals surface area contributed by atoms with Crippen LogP contribution in [0.5, 0.6) is 0 Å². The highest BCUT2D eigenvalue weighted by molar-refractivity contribution is 7.34. The van der Waals surface area contributed by atoms with Crippen molar-refractivity contribution in [1.29, 1.82) is 0 Å². The molecule has 0 N–H and O–H groups in total. The van der Waals surface area contributed by atoms with Crippen LogP contribution in [0, 0.1) is 0 Å². The lowest BCUT2D eigenvalue weighted by Crippen LogP contribution is -1.71. The minimum absolute atomic E-state index is 0.316. The maximum Gasteiger partial charge on any atom is 0.180 e. The quantitative estimate of drug-likeness (QED) is 0.474. The van der Waals surface area contributed by atoms with Crippen LogP contribution in [-0.4, -0.2) is 0 Å². The van der Waals surface area contributed by atoms with E-state index in [1.54, 1.807) is 0 Å². The predicted octanol–water partition coefficient (Wildman–Crippen LogP) is 4.28. The Morgan fingerprint density at radius 3 is 2.64 bits per heavy atom. The Bertz CT molecular complexity index is 605. The zero-order valence-electron chi connectivity index (χ0n) is 8.03. The topological polar surface area (TPSA) is 0 Å². The second-order valence-corrected chi connectivity index (χ2v) is 5.39. The van der Waals surface area contributed by atoms with Gasteiger partial charge in [-0.1, -0.05) is 24.3 Å². The minimum atomic E-state index is 0.316. The molecule has 14 heavy (non-hydrogen) atoms. The summed E-state index contributed by atoms with van der Waals surface area (Å²) in [7, 11) is 0.316. The van der Waals surface area contributed by atoms with E-state index < -0.39 is 0 Å². The second-order valence-electron chi connectivity index (χ2n) is 3.56. The molecule has 0 bridgehead atoms. The van der Waals surface area contributed by atoms with Crippen molar-refractivity contribution in [2.24, 2.45) is 6.26 Å². The van der Waals surface area contributed by atoms with Crippen LogP contribution in [0.3, 0.4) is 0 Å². The van der Waals surface area contributed by atoms with Gasteiger partial charge in [0.2, 0.25) is 0 Å². The van der Waals surface area contributed by atoms with Crippen LogP contribution < -0.4 is 0 Å². The third kappa shape index (κ3) is 0.992. The Morgan fingerprint density at radius 2 is 1.71 bits per heavy atom. The molecular weight excluding hydrogens is 188 g/mol. The van der Waals surface area contributed by atoms with E-state index in [9.17, 15) is 0 Å². The molecule has 0 aliphatic heterocycles. The molecule has 0 aliphatic rings. The lowest BCUT2D eigenvalue weighted by Gasteiger charge is -1.95. The van der Waals surface area contributed by atoms with Crippen LogP contribution in [0.2, 0.25) is 0 Å². The van der Waals surface area contributed by atoms with Crippen molar-refractivity contribution in [2.75, 3.05) is 0 Å². The molecule has 0 saturated carbocycles. The van der Waals surface area contributed by atoms with Gasteiger partial charge in [0.05, 0.1) is 0 Å². The van der Waals surface area contributed by atoms with E-state index >= 15 is 0 Å². The third-order valence-electron chi connectivity index (χ3n) is 2.72. The van der Waals surface area contributed by atoms with Gasteiger partial charge in [-0.15, -0.1) is 0 Å². The van der Waals surface area contributed by atoms with Crippen LogP contribution in [0.25, 0.3) is 20.9 Å². The van der Waals surface area contributed by atoms with Gasteiger partial charge in [0.25, 0.3) is 0 Å². The van der Waals surface area contributed by atoms with Gasteiger partial charge in [0, 0.05) is 11.5 Å². The van der Waals surface area contributed by atoms with E-state index in [1.807, 2.05) is 0 Å². The van der Waals surface area contributed by atoms with E-state index in [0.717, 1.165) is 0 Å². The summed E-state index contributed by atoms with van der Waals surface area (Å²) in [4.78, 5) is 0. The van der Waals surface area contributed by atoms with Crippen molar-refractivity contribution >= 4 is 31.3 Å². The zero-order valence-corrected chi connectivity index (χ0v) is 8.84. The van der Waals surface area contributed by atoms with Gasteiger partial charge < -0.3 is 0 Å². The molecule has 68 valence electrons. The van der Waals surface area contributed by atoms with E-state index in [0.29, 0.717) is 10.5 Å². The van der Waals surface area contributed by atoms with Crippen molar-refractivity contribution in [2.45, 2.75) is 0 Å². The van der Waals surface area contributed by atoms with Gasteiger partial charge in [-0.3, -0.25) is 0 Å². The summed E-state index contributed by atoms with van der Waals surface area (Å²) in [5.41, 5.74) is 0. The molecular formula is C13H11S+. The standard InChI is InChI=1S/C13H11S/c1-14-9-8-12-11-5-3-2-4-10(11)6-7-13(12)14/h2-9H,1H3/q+1. The number of rotatable bonds is 0. The average molecular weight is 199 g/mol. The maximum atomic E-state index is 2.30. The molecule has 3 rings (SSSR count). The van der Waals surface area contributed by atoms with Gasteiger partial charge in [-0.05, 0) is 33.4 Å². The third-order valence-corrected chi connectivity index (χ3v) is 4.31. The zero-order chi connectivity index (χ0) is 9.54. The Morgan fingerprint density at radius 1 is 0.857 bits per heavy atom. The molecule has 0 spiro atoms. The largest absolute Gasteiger partial charge is 0.180 e. The number of benzene rings is 2. The van der Waals surface area contributed by atoms with Crippen molar-refractivity contribution < 1.29 is 0 Å². The molecule has 1 heterocycles. The molecule has 0 saturated heterocycles. The molecule has 1 heteroatoms. The monoisotopic (exact) mass is 199 g/mol. The summed E-state index contributed by atoms with van der Waals surface area (Å²) in [6.07, 6.45) is 2.27. The highest BCUT2D eigenvalue weighted by Crippen LogP contribution is 2.33. The van der Waals surface area contributed by atoms with Gasteiger partial charge in [0.1, 0.15) is 11.6 Å². The SMILES string of the molecule is C[s+]1ccc2c3ccccc3ccc21. The van der Waals surface area contributed by atoms with Crippen LogP contribution in [-0.2, 0) is 6.26 Å². The van der Waals surface area contributed by atoms with Gasteiger partial charge in [-0.2, -0.15) is 0 Å². The Kier molecular flexibility index (Phi) is 1.62. The first-order valence-corrected chi connectivity index (χ1v) is 6.40. The summed E-state index contributed by atoms with van der Waals surface area (Å²) < 4.78 is 1.49. The van der Waals surface area contributed by atoms with Crippen molar-refractivity contribution in [3.05, 3.63) is 47.8 Å². The first-order valence-electron chi connectivity index (χ1n) is 4.71. The first-order chi connectivity index (χ1) is 6.86. The molecule has 0 aliphatic carbocycles. The Balaban J connectivity index is 2.61. The molecule has 0 nitrogen and oxygen atoms in total. The number of hydrogen-bond donors (Lipinski definition) is 0. The normalized spacial score (nSPS) is 12.5. The Labute approximate surface area is 85.8 Å². The van der Waals surface area contributed by atoms with Gasteiger partial charge in [-0.25, -0.2) is 0 Å². The molecule has 1 atom stereocenters. The number of thiophene rings is 1. The fourth-order valence-corrected chi connectivity index (χ4v) is 3.27. The van der Waals surface area contributed by atoms with E-state index in [1.165, 1.54) is 20.9 Å². The maximum absolute atomic E-state index is 2.30. The molecule has 1 aromatic heterocycles. The van der Waals surface area contributed by atoms with Crippen LogP contribution in [0.15, 0.2) is 47.8 Å². The molecule has 2 aromatic carbocycles. The first kappa shape index (κ1) is 8.01. The summed E-state index contributed by atoms with van der Waals surface area (Å²) in [6.45, 7) is 0. The smallest absolute Gasteiger partial charge is 0.0616 e. The van der Waals surface area contributed by atoms with Crippen LogP contribution in [0.4, 0.5) is 0 Å².